The van der Waals surface area contributed by atoms with Gasteiger partial charge >= 0.3 is 6.16 Å². The van der Waals surface area contributed by atoms with E-state index >= 15 is 0 Å². The molecule has 0 radical (unpaired) electrons. The van der Waals surface area contributed by atoms with Gasteiger partial charge in [-0.2, -0.15) is 0 Å². The van der Waals surface area contributed by atoms with Gasteiger partial charge in [-0.25, -0.2) is 4.79 Å². The third kappa shape index (κ3) is 1.52. The normalized spacial score (nSPS) is 13.3. The van der Waals surface area contributed by atoms with E-state index in [4.69, 9.17) is 5.11 Å². The van der Waals surface area contributed by atoms with Gasteiger partial charge in [0.05, 0.1) is 6.42 Å². The number of carbonyl (C=O) groups is 2. The second kappa shape index (κ2) is 3.02. The molecule has 0 spiro atoms. The van der Waals surface area contributed by atoms with Crippen LogP contribution in [0.15, 0.2) is 18.2 Å². The van der Waals surface area contributed by atoms with Crippen LogP contribution in [0.25, 0.3) is 0 Å². The summed E-state index contributed by atoms with van der Waals surface area (Å²) in [6.45, 7) is 0. The molecule has 1 aromatic carbocycles. The standard InChI is InChI=1S/C9H7NO4/c11-8-3-5-1-2-6(14-9(12)13)4-7(5)10-8/h1-2,4H,3H2,(H,10,11)(H,12,13). The minimum atomic E-state index is -1.37. The molecule has 1 amide bonds. The highest BCUT2D eigenvalue weighted by Gasteiger charge is 2.18. The number of nitrogens with one attached hydrogen (secondary N) is 1. The van der Waals surface area contributed by atoms with Gasteiger partial charge in [-0.15, -0.1) is 0 Å². The first-order valence-electron chi connectivity index (χ1n) is 3.99. The Labute approximate surface area is 79.3 Å². The third-order valence-electron chi connectivity index (χ3n) is 1.91. The first kappa shape index (κ1) is 8.55. The quantitative estimate of drug-likeness (QED) is 0.519. The molecule has 0 saturated heterocycles. The lowest BCUT2D eigenvalue weighted by Gasteiger charge is -2.02. The van der Waals surface area contributed by atoms with Gasteiger partial charge in [-0.1, -0.05) is 6.07 Å². The average molecular weight is 193 g/mol. The lowest BCUT2D eigenvalue weighted by atomic mass is 10.1. The molecule has 1 aliphatic heterocycles. The maximum Gasteiger partial charge on any atom is 0.511 e. The first-order chi connectivity index (χ1) is 6.65. The van der Waals surface area contributed by atoms with Crippen LogP contribution in [0, 0.1) is 0 Å². The molecule has 2 N–H and O–H groups in total. The topological polar surface area (TPSA) is 75.6 Å². The Morgan fingerprint density at radius 3 is 3.00 bits per heavy atom. The van der Waals surface area contributed by atoms with Crippen molar-refractivity contribution in [3.63, 3.8) is 0 Å². The van der Waals surface area contributed by atoms with E-state index < -0.39 is 6.16 Å². The zero-order valence-electron chi connectivity index (χ0n) is 7.11. The Bertz CT molecular complexity index is 413. The minimum Gasteiger partial charge on any atom is -0.449 e. The molecule has 2 rings (SSSR count). The van der Waals surface area contributed by atoms with Crippen LogP contribution >= 0.6 is 0 Å². The summed E-state index contributed by atoms with van der Waals surface area (Å²) >= 11 is 0. The molecule has 1 heterocycles. The summed E-state index contributed by atoms with van der Waals surface area (Å²) < 4.78 is 4.44. The van der Waals surface area contributed by atoms with Crippen molar-refractivity contribution < 1.29 is 19.4 Å². The number of rotatable bonds is 1. The smallest absolute Gasteiger partial charge is 0.449 e. The number of hydrogen-bond donors (Lipinski definition) is 2. The van der Waals surface area contributed by atoms with Crippen molar-refractivity contribution in [1.82, 2.24) is 0 Å². The van der Waals surface area contributed by atoms with Crippen molar-refractivity contribution in [3.8, 4) is 5.75 Å². The van der Waals surface area contributed by atoms with Crippen LogP contribution in [0.4, 0.5) is 10.5 Å². The average Bonchev–Trinajstić information content (AvgIpc) is 2.42. The monoisotopic (exact) mass is 193 g/mol. The Morgan fingerprint density at radius 2 is 2.29 bits per heavy atom. The Balaban J connectivity index is 2.28. The first-order valence-corrected chi connectivity index (χ1v) is 3.99. The maximum absolute atomic E-state index is 11.0. The molecule has 0 fully saturated rings. The van der Waals surface area contributed by atoms with Crippen LogP contribution in [-0.4, -0.2) is 17.2 Å². The summed E-state index contributed by atoms with van der Waals surface area (Å²) in [5.41, 5.74) is 1.47. The van der Waals surface area contributed by atoms with Crippen LogP contribution in [-0.2, 0) is 11.2 Å². The number of hydrogen-bond acceptors (Lipinski definition) is 3. The summed E-state index contributed by atoms with van der Waals surface area (Å²) in [7, 11) is 0. The van der Waals surface area contributed by atoms with Crippen molar-refractivity contribution >= 4 is 17.7 Å². The molecule has 0 atom stereocenters. The molecule has 0 bridgehead atoms. The van der Waals surface area contributed by atoms with E-state index in [1.807, 2.05) is 0 Å². The Hall–Kier alpha value is -2.04. The Morgan fingerprint density at radius 1 is 1.50 bits per heavy atom. The molecule has 0 aliphatic carbocycles. The molecule has 1 aromatic rings. The zero-order chi connectivity index (χ0) is 10.1. The zero-order valence-corrected chi connectivity index (χ0v) is 7.11. The van der Waals surface area contributed by atoms with Crippen LogP contribution < -0.4 is 10.1 Å². The van der Waals surface area contributed by atoms with E-state index in [-0.39, 0.29) is 11.7 Å². The highest BCUT2D eigenvalue weighted by atomic mass is 16.7. The maximum atomic E-state index is 11.0. The lowest BCUT2D eigenvalue weighted by molar-refractivity contribution is -0.115. The largest absolute Gasteiger partial charge is 0.511 e. The number of carbonyl (C=O) groups excluding carboxylic acids is 1. The molecule has 0 aromatic heterocycles. The number of ether oxygens (including phenoxy) is 1. The predicted molar refractivity (Wildman–Crippen MR) is 47.4 cm³/mol. The second-order valence-corrected chi connectivity index (χ2v) is 2.91. The highest BCUT2D eigenvalue weighted by molar-refractivity contribution is 5.99. The summed E-state index contributed by atoms with van der Waals surface area (Å²) in [5, 5.41) is 11.0. The molecular formula is C9H7NO4. The van der Waals surface area contributed by atoms with Crippen LogP contribution in [0.5, 0.6) is 5.75 Å². The second-order valence-electron chi connectivity index (χ2n) is 2.91. The van der Waals surface area contributed by atoms with Gasteiger partial charge in [-0.05, 0) is 11.6 Å². The van der Waals surface area contributed by atoms with Crippen molar-refractivity contribution in [3.05, 3.63) is 23.8 Å². The molecule has 0 unspecified atom stereocenters. The molecular weight excluding hydrogens is 186 g/mol. The Kier molecular flexibility index (Phi) is 1.85. The summed E-state index contributed by atoms with van der Waals surface area (Å²) in [4.78, 5) is 21.2. The van der Waals surface area contributed by atoms with Gasteiger partial charge in [0.15, 0.2) is 0 Å². The predicted octanol–water partition coefficient (Wildman–Crippen LogP) is 1.24. The number of benzene rings is 1. The molecule has 5 nitrogen and oxygen atoms in total. The summed E-state index contributed by atoms with van der Waals surface area (Å²) in [6, 6.07) is 4.69. The SMILES string of the molecule is O=C1Cc2ccc(OC(=O)O)cc2N1. The molecule has 1 aliphatic rings. The van der Waals surface area contributed by atoms with E-state index in [0.29, 0.717) is 12.1 Å². The van der Waals surface area contributed by atoms with E-state index in [0.717, 1.165) is 5.56 Å². The number of fused-ring (bicyclic) bond motifs is 1. The van der Waals surface area contributed by atoms with Crippen molar-refractivity contribution in [2.24, 2.45) is 0 Å². The summed E-state index contributed by atoms with van der Waals surface area (Å²) in [5.74, 6) is 0.117. The van der Waals surface area contributed by atoms with E-state index in [2.05, 4.69) is 10.1 Å². The minimum absolute atomic E-state index is 0.0903. The molecule has 5 heteroatoms. The number of anilines is 1. The van der Waals surface area contributed by atoms with E-state index in [1.165, 1.54) is 12.1 Å². The number of carboxylic acid groups (broad SMARTS) is 1. The van der Waals surface area contributed by atoms with Gasteiger partial charge in [-0.3, -0.25) is 4.79 Å². The fourth-order valence-corrected chi connectivity index (χ4v) is 1.36. The van der Waals surface area contributed by atoms with Gasteiger partial charge in [0, 0.05) is 11.8 Å². The summed E-state index contributed by atoms with van der Waals surface area (Å²) in [6.07, 6.45) is -1.03. The fourth-order valence-electron chi connectivity index (χ4n) is 1.36. The molecule has 14 heavy (non-hydrogen) atoms. The molecule has 72 valence electrons. The third-order valence-corrected chi connectivity index (χ3v) is 1.91. The fraction of sp³-hybridized carbons (Fsp3) is 0.111. The highest BCUT2D eigenvalue weighted by Crippen LogP contribution is 2.27. The van der Waals surface area contributed by atoms with Gasteiger partial charge < -0.3 is 15.2 Å². The van der Waals surface area contributed by atoms with Crippen molar-refractivity contribution in [2.75, 3.05) is 5.32 Å². The van der Waals surface area contributed by atoms with Crippen LogP contribution in [0.1, 0.15) is 5.56 Å². The van der Waals surface area contributed by atoms with Gasteiger partial charge in [0.25, 0.3) is 0 Å². The van der Waals surface area contributed by atoms with Gasteiger partial charge in [0.2, 0.25) is 5.91 Å². The van der Waals surface area contributed by atoms with Crippen LogP contribution in [0.2, 0.25) is 0 Å². The van der Waals surface area contributed by atoms with Crippen LogP contribution in [0.3, 0.4) is 0 Å². The van der Waals surface area contributed by atoms with Gasteiger partial charge in [0.1, 0.15) is 5.75 Å². The van der Waals surface area contributed by atoms with E-state index in [1.54, 1.807) is 6.07 Å². The lowest BCUT2D eigenvalue weighted by Crippen LogP contribution is -2.04. The van der Waals surface area contributed by atoms with Crippen molar-refractivity contribution in [2.45, 2.75) is 6.42 Å². The van der Waals surface area contributed by atoms with Crippen molar-refractivity contribution in [1.29, 1.82) is 0 Å². The molecule has 0 saturated carbocycles. The van der Waals surface area contributed by atoms with E-state index in [9.17, 15) is 9.59 Å². The number of amides is 1.